The molecule has 0 radical (unpaired) electrons. The zero-order chi connectivity index (χ0) is 15.0. The smallest absolute Gasteiger partial charge is 0.252 e. The van der Waals surface area contributed by atoms with Crippen molar-refractivity contribution in [2.45, 2.75) is 10.8 Å². The fourth-order valence-corrected chi connectivity index (χ4v) is 5.59. The molecule has 2 N–H and O–H groups in total. The van der Waals surface area contributed by atoms with Gasteiger partial charge in [-0.05, 0) is 17.0 Å². The Labute approximate surface area is 123 Å². The molecule has 2 heterocycles. The first-order chi connectivity index (χ1) is 9.25. The minimum atomic E-state index is -3.55. The largest absolute Gasteiger partial charge is 0.326 e. The van der Waals surface area contributed by atoms with Gasteiger partial charge in [0.15, 0.2) is 0 Å². The first kappa shape index (κ1) is 15.9. The molecule has 1 aliphatic heterocycles. The Balaban J connectivity index is 2.13. The molecule has 0 atom stereocenters. The minimum Gasteiger partial charge on any atom is -0.326 e. The van der Waals surface area contributed by atoms with E-state index >= 15 is 0 Å². The number of sulfonamides is 2. The molecular weight excluding hydrogens is 322 g/mol. The molecule has 1 fully saturated rings. The van der Waals surface area contributed by atoms with Crippen LogP contribution in [-0.2, 0) is 26.6 Å². The van der Waals surface area contributed by atoms with Crippen LogP contribution in [0.2, 0.25) is 0 Å². The second kappa shape index (κ2) is 5.70. The third-order valence-electron chi connectivity index (χ3n) is 3.13. The van der Waals surface area contributed by atoms with E-state index in [9.17, 15) is 16.8 Å². The highest BCUT2D eigenvalue weighted by Crippen LogP contribution is 2.24. The predicted octanol–water partition coefficient (Wildman–Crippen LogP) is -0.527. The maximum atomic E-state index is 12.4. The fourth-order valence-electron chi connectivity index (χ4n) is 1.96. The van der Waals surface area contributed by atoms with Gasteiger partial charge in [-0.25, -0.2) is 16.8 Å². The van der Waals surface area contributed by atoms with Crippen LogP contribution in [0, 0.1) is 0 Å². The second-order valence-corrected chi connectivity index (χ2v) is 9.60. The molecular formula is C10H17N3O4S3. The average Bonchev–Trinajstić information content (AvgIpc) is 2.87. The maximum absolute atomic E-state index is 12.4. The molecule has 1 aromatic heterocycles. The summed E-state index contributed by atoms with van der Waals surface area (Å²) in [6.07, 6.45) is 1.13. The van der Waals surface area contributed by atoms with Crippen LogP contribution >= 0.6 is 11.3 Å². The summed E-state index contributed by atoms with van der Waals surface area (Å²) in [5.41, 5.74) is 6.26. The van der Waals surface area contributed by atoms with Crippen molar-refractivity contribution in [1.82, 2.24) is 8.61 Å². The molecule has 0 aliphatic carbocycles. The van der Waals surface area contributed by atoms with Gasteiger partial charge < -0.3 is 5.73 Å². The summed E-state index contributed by atoms with van der Waals surface area (Å²) in [5, 5.41) is 1.72. The Morgan fingerprint density at radius 1 is 1.15 bits per heavy atom. The van der Waals surface area contributed by atoms with E-state index < -0.39 is 20.0 Å². The molecule has 1 aromatic rings. The Morgan fingerprint density at radius 3 is 2.15 bits per heavy atom. The van der Waals surface area contributed by atoms with Crippen molar-refractivity contribution in [2.75, 3.05) is 32.4 Å². The standard InChI is InChI=1S/C10H17N3O4S3/c1-19(14,15)12-2-4-13(5-3-12)20(16,17)10-6-9(7-11)8-18-10/h6,8H,2-5,7,11H2,1H3. The van der Waals surface area contributed by atoms with Crippen LogP contribution in [0.25, 0.3) is 0 Å². The molecule has 1 aliphatic rings. The van der Waals surface area contributed by atoms with Gasteiger partial charge in [0, 0.05) is 32.7 Å². The summed E-state index contributed by atoms with van der Waals surface area (Å²) in [6.45, 7) is 1.02. The first-order valence-corrected chi connectivity index (χ1v) is 10.1. The highest BCUT2D eigenvalue weighted by atomic mass is 32.2. The lowest BCUT2D eigenvalue weighted by Gasteiger charge is -2.32. The first-order valence-electron chi connectivity index (χ1n) is 5.98. The van der Waals surface area contributed by atoms with Crippen LogP contribution in [0.15, 0.2) is 15.7 Å². The Morgan fingerprint density at radius 2 is 1.70 bits per heavy atom. The van der Waals surface area contributed by atoms with E-state index in [0.29, 0.717) is 6.54 Å². The molecule has 7 nitrogen and oxygen atoms in total. The molecule has 20 heavy (non-hydrogen) atoms. The van der Waals surface area contributed by atoms with Gasteiger partial charge in [0.25, 0.3) is 10.0 Å². The van der Waals surface area contributed by atoms with Crippen LogP contribution in [0.5, 0.6) is 0 Å². The van der Waals surface area contributed by atoms with Gasteiger partial charge in [0.2, 0.25) is 10.0 Å². The van der Waals surface area contributed by atoms with Gasteiger partial charge in [-0.15, -0.1) is 11.3 Å². The molecule has 0 saturated carbocycles. The van der Waals surface area contributed by atoms with Gasteiger partial charge in [-0.1, -0.05) is 0 Å². The van der Waals surface area contributed by atoms with E-state index in [1.165, 1.54) is 8.61 Å². The van der Waals surface area contributed by atoms with Crippen LogP contribution in [0.1, 0.15) is 5.56 Å². The van der Waals surface area contributed by atoms with E-state index in [1.54, 1.807) is 11.4 Å². The molecule has 10 heteroatoms. The average molecular weight is 339 g/mol. The van der Waals surface area contributed by atoms with Crippen molar-refractivity contribution in [2.24, 2.45) is 5.73 Å². The summed E-state index contributed by atoms with van der Waals surface area (Å²) < 4.78 is 50.5. The van der Waals surface area contributed by atoms with Gasteiger partial charge in [-0.2, -0.15) is 8.61 Å². The van der Waals surface area contributed by atoms with Gasteiger partial charge in [0.05, 0.1) is 6.26 Å². The van der Waals surface area contributed by atoms with Gasteiger partial charge in [-0.3, -0.25) is 0 Å². The third kappa shape index (κ3) is 3.21. The van der Waals surface area contributed by atoms with Crippen molar-refractivity contribution in [3.8, 4) is 0 Å². The number of rotatable bonds is 4. The monoisotopic (exact) mass is 339 g/mol. The van der Waals surface area contributed by atoms with Crippen LogP contribution in [0.3, 0.4) is 0 Å². The van der Waals surface area contributed by atoms with Gasteiger partial charge >= 0.3 is 0 Å². The van der Waals surface area contributed by atoms with E-state index in [4.69, 9.17) is 5.73 Å². The fraction of sp³-hybridized carbons (Fsp3) is 0.600. The van der Waals surface area contributed by atoms with Crippen LogP contribution < -0.4 is 5.73 Å². The molecule has 114 valence electrons. The third-order valence-corrected chi connectivity index (χ3v) is 7.79. The lowest BCUT2D eigenvalue weighted by atomic mass is 10.4. The molecule has 2 rings (SSSR count). The molecule has 0 spiro atoms. The van der Waals surface area contributed by atoms with Crippen molar-refractivity contribution in [3.05, 3.63) is 17.0 Å². The zero-order valence-corrected chi connectivity index (χ0v) is 13.5. The second-order valence-electron chi connectivity index (χ2n) is 4.54. The van der Waals surface area contributed by atoms with E-state index in [1.807, 2.05) is 0 Å². The van der Waals surface area contributed by atoms with Crippen molar-refractivity contribution < 1.29 is 16.8 Å². The van der Waals surface area contributed by atoms with Crippen LogP contribution in [0.4, 0.5) is 0 Å². The van der Waals surface area contributed by atoms with Crippen LogP contribution in [-0.4, -0.2) is 57.9 Å². The molecule has 0 unspecified atom stereocenters. The SMILES string of the molecule is CS(=O)(=O)N1CCN(S(=O)(=O)c2cc(CN)cs2)CC1. The van der Waals surface area contributed by atoms with Crippen molar-refractivity contribution >= 4 is 31.4 Å². The number of nitrogens with two attached hydrogens (primary N) is 1. The van der Waals surface area contributed by atoms with E-state index in [0.717, 1.165) is 23.2 Å². The summed E-state index contributed by atoms with van der Waals surface area (Å²) in [5.74, 6) is 0. The zero-order valence-electron chi connectivity index (χ0n) is 11.0. The molecule has 0 amide bonds. The number of hydrogen-bond donors (Lipinski definition) is 1. The summed E-state index contributed by atoms with van der Waals surface area (Å²) in [6, 6.07) is 1.57. The number of hydrogen-bond acceptors (Lipinski definition) is 6. The van der Waals surface area contributed by atoms with Crippen molar-refractivity contribution in [1.29, 1.82) is 0 Å². The predicted molar refractivity (Wildman–Crippen MR) is 77.4 cm³/mol. The minimum absolute atomic E-state index is 0.172. The highest BCUT2D eigenvalue weighted by Gasteiger charge is 2.32. The van der Waals surface area contributed by atoms with E-state index in [2.05, 4.69) is 0 Å². The summed E-state index contributed by atoms with van der Waals surface area (Å²) >= 11 is 1.14. The van der Waals surface area contributed by atoms with Crippen molar-refractivity contribution in [3.63, 3.8) is 0 Å². The Kier molecular flexibility index (Phi) is 4.52. The van der Waals surface area contributed by atoms with E-state index in [-0.39, 0.29) is 30.4 Å². The maximum Gasteiger partial charge on any atom is 0.252 e. The number of thiophene rings is 1. The number of nitrogens with zero attached hydrogens (tertiary/aromatic N) is 2. The molecule has 1 saturated heterocycles. The summed E-state index contributed by atoms with van der Waals surface area (Å²) in [4.78, 5) is 0. The lowest BCUT2D eigenvalue weighted by molar-refractivity contribution is 0.274. The number of piperazine rings is 1. The Bertz CT molecular complexity index is 672. The normalized spacial score (nSPS) is 19.3. The van der Waals surface area contributed by atoms with Gasteiger partial charge in [0.1, 0.15) is 4.21 Å². The molecule has 0 aromatic carbocycles. The Hall–Kier alpha value is -0.520. The topological polar surface area (TPSA) is 101 Å². The summed E-state index contributed by atoms with van der Waals surface area (Å²) in [7, 11) is -6.81. The lowest BCUT2D eigenvalue weighted by Crippen LogP contribution is -2.50. The molecule has 0 bridgehead atoms. The highest BCUT2D eigenvalue weighted by molar-refractivity contribution is 7.91. The quantitative estimate of drug-likeness (QED) is 0.795.